The molecule has 0 radical (unpaired) electrons. The van der Waals surface area contributed by atoms with Crippen molar-refractivity contribution in [2.45, 2.75) is 24.8 Å². The van der Waals surface area contributed by atoms with Crippen LogP contribution in [0.25, 0.3) is 17.0 Å². The average molecular weight is 453 g/mol. The standard InChI is InChI=1S/C23H24N4O2S2/c1-5-27-14(2)19(20(24-23(27)30)15-9-11-18(31-4)12-10-15)22-25-21(26-29-22)16-7-6-8-17(13-16)28-3/h6-13,20H,5H2,1-4H3,(H,24,30). The zero-order valence-corrected chi connectivity index (χ0v) is 19.5. The summed E-state index contributed by atoms with van der Waals surface area (Å²) in [7, 11) is 1.64. The maximum absolute atomic E-state index is 5.75. The zero-order chi connectivity index (χ0) is 22.0. The third-order valence-electron chi connectivity index (χ3n) is 5.35. The summed E-state index contributed by atoms with van der Waals surface area (Å²) < 4.78 is 11.1. The van der Waals surface area contributed by atoms with Crippen molar-refractivity contribution in [3.8, 4) is 17.1 Å². The highest BCUT2D eigenvalue weighted by Crippen LogP contribution is 2.37. The Morgan fingerprint density at radius 3 is 2.68 bits per heavy atom. The highest BCUT2D eigenvalue weighted by Gasteiger charge is 2.33. The Morgan fingerprint density at radius 1 is 1.23 bits per heavy atom. The molecule has 0 amide bonds. The van der Waals surface area contributed by atoms with Gasteiger partial charge in [-0.3, -0.25) is 0 Å². The van der Waals surface area contributed by atoms with E-state index in [-0.39, 0.29) is 6.04 Å². The molecule has 1 aliphatic heterocycles. The number of nitrogens with one attached hydrogen (secondary N) is 1. The molecule has 0 spiro atoms. The van der Waals surface area contributed by atoms with Crippen molar-refractivity contribution in [2.75, 3.05) is 19.9 Å². The molecule has 2 heterocycles. The lowest BCUT2D eigenvalue weighted by atomic mass is 9.95. The summed E-state index contributed by atoms with van der Waals surface area (Å²) in [6.07, 6.45) is 2.07. The van der Waals surface area contributed by atoms with Gasteiger partial charge in [0.15, 0.2) is 5.11 Å². The second-order valence-electron chi connectivity index (χ2n) is 7.05. The molecule has 31 heavy (non-hydrogen) atoms. The highest BCUT2D eigenvalue weighted by atomic mass is 32.2. The molecule has 3 aromatic rings. The topological polar surface area (TPSA) is 63.4 Å². The van der Waals surface area contributed by atoms with Crippen LogP contribution in [0.15, 0.2) is 63.6 Å². The van der Waals surface area contributed by atoms with Gasteiger partial charge in [-0.25, -0.2) is 0 Å². The summed E-state index contributed by atoms with van der Waals surface area (Å²) in [5.41, 5.74) is 3.85. The molecule has 0 saturated carbocycles. The minimum Gasteiger partial charge on any atom is -0.497 e. The summed E-state index contributed by atoms with van der Waals surface area (Å²) in [5, 5.41) is 8.39. The maximum Gasteiger partial charge on any atom is 0.258 e. The van der Waals surface area contributed by atoms with Gasteiger partial charge in [-0.15, -0.1) is 11.8 Å². The van der Waals surface area contributed by atoms with E-state index < -0.39 is 0 Å². The Morgan fingerprint density at radius 2 is 2.00 bits per heavy atom. The van der Waals surface area contributed by atoms with Crippen LogP contribution in [0.4, 0.5) is 0 Å². The summed E-state index contributed by atoms with van der Waals surface area (Å²) in [6.45, 7) is 4.86. The lowest BCUT2D eigenvalue weighted by Crippen LogP contribution is -2.45. The van der Waals surface area contributed by atoms with Gasteiger partial charge in [0, 0.05) is 22.7 Å². The molecule has 2 aromatic carbocycles. The van der Waals surface area contributed by atoms with Crippen molar-refractivity contribution in [3.63, 3.8) is 0 Å². The van der Waals surface area contributed by atoms with Crippen LogP contribution in [-0.2, 0) is 0 Å². The number of rotatable bonds is 6. The SMILES string of the molecule is CCN1C(=S)NC(c2ccc(SC)cc2)C(c2nc(-c3cccc(OC)c3)no2)=C1C. The van der Waals surface area contributed by atoms with Gasteiger partial charge in [0.05, 0.1) is 18.7 Å². The molecule has 6 nitrogen and oxygen atoms in total. The normalized spacial score (nSPS) is 16.5. The van der Waals surface area contributed by atoms with Crippen LogP contribution in [-0.4, -0.2) is 40.1 Å². The summed E-state index contributed by atoms with van der Waals surface area (Å²) >= 11 is 7.35. The fourth-order valence-electron chi connectivity index (χ4n) is 3.70. The number of hydrogen-bond acceptors (Lipinski definition) is 6. The van der Waals surface area contributed by atoms with Gasteiger partial charge < -0.3 is 19.5 Å². The largest absolute Gasteiger partial charge is 0.497 e. The first kappa shape index (κ1) is 21.4. The number of methoxy groups -OCH3 is 1. The molecule has 4 rings (SSSR count). The number of hydrogen-bond donors (Lipinski definition) is 1. The lowest BCUT2D eigenvalue weighted by molar-refractivity contribution is 0.398. The third kappa shape index (κ3) is 4.18. The van der Waals surface area contributed by atoms with E-state index in [0.717, 1.165) is 34.7 Å². The molecule has 0 saturated heterocycles. The molecule has 8 heteroatoms. The van der Waals surface area contributed by atoms with Crippen LogP contribution in [0.3, 0.4) is 0 Å². The molecule has 0 bridgehead atoms. The molecule has 1 aromatic heterocycles. The monoisotopic (exact) mass is 452 g/mol. The van der Waals surface area contributed by atoms with E-state index in [9.17, 15) is 0 Å². The van der Waals surface area contributed by atoms with E-state index in [1.165, 1.54) is 4.90 Å². The zero-order valence-electron chi connectivity index (χ0n) is 17.9. The molecular weight excluding hydrogens is 428 g/mol. The van der Waals surface area contributed by atoms with Gasteiger partial charge in [-0.2, -0.15) is 4.98 Å². The smallest absolute Gasteiger partial charge is 0.258 e. The summed E-state index contributed by atoms with van der Waals surface area (Å²) in [5.74, 6) is 1.73. The van der Waals surface area contributed by atoms with Crippen molar-refractivity contribution >= 4 is 34.7 Å². The Balaban J connectivity index is 1.78. The number of ether oxygens (including phenoxy) is 1. The van der Waals surface area contributed by atoms with Crippen molar-refractivity contribution in [1.82, 2.24) is 20.4 Å². The average Bonchev–Trinajstić information content (AvgIpc) is 3.29. The second-order valence-corrected chi connectivity index (χ2v) is 8.32. The van der Waals surface area contributed by atoms with Gasteiger partial charge in [-0.05, 0) is 62.2 Å². The number of nitrogens with zero attached hydrogens (tertiary/aromatic N) is 3. The maximum atomic E-state index is 5.75. The number of thiocarbonyl (C=S) groups is 1. The van der Waals surface area contributed by atoms with Crippen LogP contribution >= 0.6 is 24.0 Å². The predicted octanol–water partition coefficient (Wildman–Crippen LogP) is 5.15. The van der Waals surface area contributed by atoms with Gasteiger partial charge >= 0.3 is 0 Å². The van der Waals surface area contributed by atoms with Crippen LogP contribution < -0.4 is 10.1 Å². The van der Waals surface area contributed by atoms with Crippen LogP contribution in [0.2, 0.25) is 0 Å². The molecular formula is C23H24N4O2S2. The van der Waals surface area contributed by atoms with Crippen molar-refractivity contribution in [1.29, 1.82) is 0 Å². The van der Waals surface area contributed by atoms with Gasteiger partial charge in [0.2, 0.25) is 5.82 Å². The summed E-state index contributed by atoms with van der Waals surface area (Å²) in [6, 6.07) is 15.9. The minimum atomic E-state index is -0.176. The third-order valence-corrected chi connectivity index (χ3v) is 6.43. The first-order valence-electron chi connectivity index (χ1n) is 9.97. The van der Waals surface area contributed by atoms with Crippen LogP contribution in [0.5, 0.6) is 5.75 Å². The molecule has 0 aliphatic carbocycles. The van der Waals surface area contributed by atoms with E-state index in [2.05, 4.69) is 47.9 Å². The van der Waals surface area contributed by atoms with Crippen molar-refractivity contribution < 1.29 is 9.26 Å². The van der Waals surface area contributed by atoms with Gasteiger partial charge in [-0.1, -0.05) is 29.4 Å². The van der Waals surface area contributed by atoms with E-state index in [0.29, 0.717) is 16.8 Å². The van der Waals surface area contributed by atoms with Gasteiger partial charge in [0.1, 0.15) is 5.75 Å². The Kier molecular flexibility index (Phi) is 6.29. The predicted molar refractivity (Wildman–Crippen MR) is 128 cm³/mol. The summed E-state index contributed by atoms with van der Waals surface area (Å²) in [4.78, 5) is 7.98. The second kappa shape index (κ2) is 9.11. The van der Waals surface area contributed by atoms with E-state index in [4.69, 9.17) is 26.5 Å². The molecule has 160 valence electrons. The van der Waals surface area contributed by atoms with Crippen molar-refractivity contribution in [3.05, 3.63) is 65.7 Å². The van der Waals surface area contributed by atoms with Crippen LogP contribution in [0.1, 0.15) is 31.3 Å². The lowest BCUT2D eigenvalue weighted by Gasteiger charge is -2.36. The Labute approximate surface area is 191 Å². The number of benzene rings is 2. The molecule has 0 fully saturated rings. The molecule has 1 aliphatic rings. The number of allylic oxidation sites excluding steroid dienone is 1. The van der Waals surface area contributed by atoms with Crippen molar-refractivity contribution in [2.24, 2.45) is 0 Å². The molecule has 1 unspecified atom stereocenters. The van der Waals surface area contributed by atoms with E-state index in [1.54, 1.807) is 18.9 Å². The van der Waals surface area contributed by atoms with E-state index in [1.807, 2.05) is 36.1 Å². The first-order chi connectivity index (χ1) is 15.0. The number of thioether (sulfide) groups is 1. The number of aromatic nitrogens is 2. The van der Waals surface area contributed by atoms with E-state index >= 15 is 0 Å². The van der Waals surface area contributed by atoms with Gasteiger partial charge in [0.25, 0.3) is 5.89 Å². The quantitative estimate of drug-likeness (QED) is 0.407. The minimum absolute atomic E-state index is 0.176. The molecule has 1 N–H and O–H groups in total. The van der Waals surface area contributed by atoms with Crippen LogP contribution in [0, 0.1) is 0 Å². The highest BCUT2D eigenvalue weighted by molar-refractivity contribution is 7.98. The Bertz CT molecular complexity index is 1120. The fourth-order valence-corrected chi connectivity index (χ4v) is 4.49. The first-order valence-corrected chi connectivity index (χ1v) is 11.6. The Hall–Kier alpha value is -2.84. The fraction of sp³-hybridized carbons (Fsp3) is 0.261. The molecule has 1 atom stereocenters.